The highest BCUT2D eigenvalue weighted by molar-refractivity contribution is 5.98. The number of nitrogens with one attached hydrogen (secondary N) is 1. The number of hydrogen-bond acceptors (Lipinski definition) is 3. The van der Waals surface area contributed by atoms with Gasteiger partial charge in [0.25, 0.3) is 5.91 Å². The fourth-order valence-electron chi connectivity index (χ4n) is 3.18. The van der Waals surface area contributed by atoms with E-state index < -0.39 is 0 Å². The number of rotatable bonds is 3. The van der Waals surface area contributed by atoms with Gasteiger partial charge in [-0.1, -0.05) is 12.1 Å². The quantitative estimate of drug-likeness (QED) is 0.847. The maximum absolute atomic E-state index is 12.1. The van der Waals surface area contributed by atoms with Crippen LogP contribution in [0.5, 0.6) is 5.75 Å². The van der Waals surface area contributed by atoms with Crippen LogP contribution in [-0.4, -0.2) is 18.7 Å². The first-order valence-corrected chi connectivity index (χ1v) is 6.77. The number of amides is 1. The van der Waals surface area contributed by atoms with Crippen molar-refractivity contribution in [1.29, 1.82) is 0 Å². The van der Waals surface area contributed by atoms with E-state index in [1.54, 1.807) is 19.2 Å². The second-order valence-electron chi connectivity index (χ2n) is 5.32. The third-order valence-electron chi connectivity index (χ3n) is 4.16. The Labute approximate surface area is 112 Å². The molecule has 0 heterocycles. The molecule has 4 nitrogen and oxygen atoms in total. The first kappa shape index (κ1) is 12.2. The van der Waals surface area contributed by atoms with E-state index in [4.69, 9.17) is 4.74 Å². The topological polar surface area (TPSA) is 50.7 Å². The SMILES string of the molecule is COc1ccccc1C(=O)N/N=C1/C[C@H]2CC[C@H]1C2. The minimum Gasteiger partial charge on any atom is -0.496 e. The van der Waals surface area contributed by atoms with Gasteiger partial charge in [-0.15, -0.1) is 0 Å². The van der Waals surface area contributed by atoms with E-state index in [2.05, 4.69) is 10.5 Å². The third-order valence-corrected chi connectivity index (χ3v) is 4.16. The van der Waals surface area contributed by atoms with Gasteiger partial charge in [-0.2, -0.15) is 5.10 Å². The first-order valence-electron chi connectivity index (χ1n) is 6.77. The van der Waals surface area contributed by atoms with E-state index in [0.29, 0.717) is 17.2 Å². The molecule has 1 aromatic carbocycles. The lowest BCUT2D eigenvalue weighted by molar-refractivity contribution is 0.0951. The van der Waals surface area contributed by atoms with Crippen LogP contribution in [-0.2, 0) is 0 Å². The van der Waals surface area contributed by atoms with Crippen LogP contribution in [0, 0.1) is 11.8 Å². The second-order valence-corrected chi connectivity index (χ2v) is 5.32. The number of hydrazone groups is 1. The van der Waals surface area contributed by atoms with Gasteiger partial charge in [0.15, 0.2) is 0 Å². The molecule has 2 bridgehead atoms. The Kier molecular flexibility index (Phi) is 3.23. The van der Waals surface area contributed by atoms with Gasteiger partial charge in [-0.05, 0) is 49.7 Å². The molecule has 0 aliphatic heterocycles. The summed E-state index contributed by atoms with van der Waals surface area (Å²) in [6.07, 6.45) is 4.86. The summed E-state index contributed by atoms with van der Waals surface area (Å²) in [5, 5.41) is 4.32. The van der Waals surface area contributed by atoms with E-state index in [0.717, 1.165) is 12.3 Å². The molecule has 0 spiro atoms. The van der Waals surface area contributed by atoms with Crippen molar-refractivity contribution >= 4 is 11.6 Å². The van der Waals surface area contributed by atoms with Crippen LogP contribution >= 0.6 is 0 Å². The standard InChI is InChI=1S/C15H18N2O2/c1-19-14-5-3-2-4-12(14)15(18)17-16-13-9-10-6-7-11(13)8-10/h2-5,10-11H,6-9H2,1H3,(H,17,18)/b16-13-/t10-,11-/m0/s1. The molecule has 2 aliphatic carbocycles. The number of fused-ring (bicyclic) bond motifs is 2. The van der Waals surface area contributed by atoms with E-state index in [-0.39, 0.29) is 5.91 Å². The fourth-order valence-corrected chi connectivity index (χ4v) is 3.18. The molecule has 1 aromatic rings. The number of carbonyl (C=O) groups excluding carboxylic acids is 1. The zero-order valence-corrected chi connectivity index (χ0v) is 11.1. The van der Waals surface area contributed by atoms with E-state index >= 15 is 0 Å². The summed E-state index contributed by atoms with van der Waals surface area (Å²) in [6.45, 7) is 0. The van der Waals surface area contributed by atoms with Gasteiger partial charge in [-0.25, -0.2) is 5.43 Å². The number of ether oxygens (including phenoxy) is 1. The van der Waals surface area contributed by atoms with E-state index in [1.807, 2.05) is 12.1 Å². The van der Waals surface area contributed by atoms with Gasteiger partial charge in [0, 0.05) is 5.71 Å². The fraction of sp³-hybridized carbons (Fsp3) is 0.467. The van der Waals surface area contributed by atoms with Crippen LogP contribution in [0.25, 0.3) is 0 Å². The molecule has 1 amide bonds. The lowest BCUT2D eigenvalue weighted by Gasteiger charge is -2.12. The minimum atomic E-state index is -0.201. The highest BCUT2D eigenvalue weighted by Gasteiger charge is 2.36. The maximum Gasteiger partial charge on any atom is 0.275 e. The lowest BCUT2D eigenvalue weighted by atomic mass is 9.99. The summed E-state index contributed by atoms with van der Waals surface area (Å²) in [6, 6.07) is 7.19. The van der Waals surface area contributed by atoms with Crippen molar-refractivity contribution in [3.8, 4) is 5.75 Å². The summed E-state index contributed by atoms with van der Waals surface area (Å²) in [4.78, 5) is 12.1. The molecule has 0 aromatic heterocycles. The Bertz CT molecular complexity index is 525. The number of benzene rings is 1. The molecule has 2 aliphatic rings. The predicted molar refractivity (Wildman–Crippen MR) is 73.3 cm³/mol. The van der Waals surface area contributed by atoms with Crippen molar-refractivity contribution in [2.45, 2.75) is 25.7 Å². The largest absolute Gasteiger partial charge is 0.496 e. The third kappa shape index (κ3) is 2.35. The van der Waals surface area contributed by atoms with Crippen molar-refractivity contribution in [1.82, 2.24) is 5.43 Å². The molecular weight excluding hydrogens is 240 g/mol. The van der Waals surface area contributed by atoms with Gasteiger partial charge < -0.3 is 4.74 Å². The van der Waals surface area contributed by atoms with Gasteiger partial charge in [0.2, 0.25) is 0 Å². The zero-order chi connectivity index (χ0) is 13.2. The number of carbonyl (C=O) groups is 1. The second kappa shape index (κ2) is 5.03. The number of nitrogens with zero attached hydrogens (tertiary/aromatic N) is 1. The molecule has 100 valence electrons. The number of para-hydroxylation sites is 1. The smallest absolute Gasteiger partial charge is 0.275 e. The highest BCUT2D eigenvalue weighted by Crippen LogP contribution is 2.42. The van der Waals surface area contributed by atoms with Crippen molar-refractivity contribution in [2.24, 2.45) is 16.9 Å². The van der Waals surface area contributed by atoms with Crippen LogP contribution in [0.4, 0.5) is 0 Å². The Morgan fingerprint density at radius 1 is 1.37 bits per heavy atom. The van der Waals surface area contributed by atoms with Crippen molar-refractivity contribution < 1.29 is 9.53 Å². The van der Waals surface area contributed by atoms with Crippen LogP contribution in [0.15, 0.2) is 29.4 Å². The Balaban J connectivity index is 1.70. The zero-order valence-electron chi connectivity index (χ0n) is 11.1. The molecule has 3 rings (SSSR count). The minimum absolute atomic E-state index is 0.201. The van der Waals surface area contributed by atoms with Gasteiger partial charge >= 0.3 is 0 Å². The summed E-state index contributed by atoms with van der Waals surface area (Å²) in [5.74, 6) is 1.77. The molecule has 0 unspecified atom stereocenters. The molecule has 0 saturated heterocycles. The average Bonchev–Trinajstić information content (AvgIpc) is 3.07. The molecule has 2 atom stereocenters. The maximum atomic E-state index is 12.1. The Morgan fingerprint density at radius 3 is 2.89 bits per heavy atom. The van der Waals surface area contributed by atoms with Gasteiger partial charge in [-0.3, -0.25) is 4.79 Å². The summed E-state index contributed by atoms with van der Waals surface area (Å²) < 4.78 is 5.18. The molecule has 0 radical (unpaired) electrons. The summed E-state index contributed by atoms with van der Waals surface area (Å²) in [5.41, 5.74) is 4.36. The van der Waals surface area contributed by atoms with E-state index in [9.17, 15) is 4.79 Å². The molecule has 4 heteroatoms. The summed E-state index contributed by atoms with van der Waals surface area (Å²) in [7, 11) is 1.56. The summed E-state index contributed by atoms with van der Waals surface area (Å²) >= 11 is 0. The van der Waals surface area contributed by atoms with Crippen LogP contribution < -0.4 is 10.2 Å². The first-order chi connectivity index (χ1) is 9.28. The Hall–Kier alpha value is -1.84. The molecule has 2 fully saturated rings. The predicted octanol–water partition coefficient (Wildman–Crippen LogP) is 2.60. The number of methoxy groups -OCH3 is 1. The molecule has 19 heavy (non-hydrogen) atoms. The van der Waals surface area contributed by atoms with Gasteiger partial charge in [0.05, 0.1) is 12.7 Å². The monoisotopic (exact) mass is 258 g/mol. The Morgan fingerprint density at radius 2 is 2.21 bits per heavy atom. The molecule has 2 saturated carbocycles. The van der Waals surface area contributed by atoms with Crippen LogP contribution in [0.1, 0.15) is 36.0 Å². The number of hydrogen-bond donors (Lipinski definition) is 1. The molecule has 1 N–H and O–H groups in total. The lowest BCUT2D eigenvalue weighted by Crippen LogP contribution is -2.22. The molecular formula is C15H18N2O2. The van der Waals surface area contributed by atoms with Crippen molar-refractivity contribution in [3.05, 3.63) is 29.8 Å². The van der Waals surface area contributed by atoms with Crippen LogP contribution in [0.3, 0.4) is 0 Å². The van der Waals surface area contributed by atoms with Crippen LogP contribution in [0.2, 0.25) is 0 Å². The average molecular weight is 258 g/mol. The highest BCUT2D eigenvalue weighted by atomic mass is 16.5. The van der Waals surface area contributed by atoms with Crippen molar-refractivity contribution in [3.63, 3.8) is 0 Å². The normalized spacial score (nSPS) is 26.7. The van der Waals surface area contributed by atoms with Gasteiger partial charge in [0.1, 0.15) is 5.75 Å². The van der Waals surface area contributed by atoms with E-state index in [1.165, 1.54) is 25.0 Å². The van der Waals surface area contributed by atoms with Crippen molar-refractivity contribution in [2.75, 3.05) is 7.11 Å².